The molecule has 4 heteroatoms. The summed E-state index contributed by atoms with van der Waals surface area (Å²) < 4.78 is 5.29. The molecule has 1 aliphatic rings. The molecule has 0 saturated carbocycles. The normalized spacial score (nSPS) is 17.2. The second-order valence-corrected chi connectivity index (χ2v) is 5.81. The molecule has 2 heterocycles. The fourth-order valence-corrected chi connectivity index (χ4v) is 3.11. The van der Waals surface area contributed by atoms with E-state index < -0.39 is 0 Å². The van der Waals surface area contributed by atoms with Crippen LogP contribution in [0.3, 0.4) is 0 Å². The molecule has 1 atom stereocenters. The number of hydrogen-bond acceptors (Lipinski definition) is 4. The Morgan fingerprint density at radius 2 is 1.68 bits per heavy atom. The standard InChI is InChI=1S/C18H23N3O/c1-14(21-12-4-3-5-13-21)15-6-8-16(9-7-15)17-18(22-2)20-11-10-19-17/h6-11,14H,3-5,12-13H2,1-2H3/t14-/m1/s1. The Morgan fingerprint density at radius 1 is 1.00 bits per heavy atom. The fraction of sp³-hybridized carbons (Fsp3) is 0.444. The largest absolute Gasteiger partial charge is 0.479 e. The van der Waals surface area contributed by atoms with Gasteiger partial charge in [-0.05, 0) is 38.4 Å². The van der Waals surface area contributed by atoms with Crippen LogP contribution in [0.15, 0.2) is 36.7 Å². The molecule has 1 aromatic heterocycles. The maximum Gasteiger partial charge on any atom is 0.240 e. The first kappa shape index (κ1) is 15.0. The van der Waals surface area contributed by atoms with Crippen molar-refractivity contribution in [2.24, 2.45) is 0 Å². The molecule has 0 aliphatic carbocycles. The lowest BCUT2D eigenvalue weighted by Crippen LogP contribution is -2.32. The van der Waals surface area contributed by atoms with E-state index in [0.29, 0.717) is 11.9 Å². The van der Waals surface area contributed by atoms with E-state index >= 15 is 0 Å². The molecular formula is C18H23N3O. The summed E-state index contributed by atoms with van der Waals surface area (Å²) in [5.41, 5.74) is 3.19. The number of hydrogen-bond donors (Lipinski definition) is 0. The minimum Gasteiger partial charge on any atom is -0.479 e. The summed E-state index contributed by atoms with van der Waals surface area (Å²) in [6.07, 6.45) is 7.35. The van der Waals surface area contributed by atoms with Crippen molar-refractivity contribution in [3.05, 3.63) is 42.2 Å². The zero-order valence-corrected chi connectivity index (χ0v) is 13.3. The molecule has 4 nitrogen and oxygen atoms in total. The molecule has 2 aromatic rings. The number of benzene rings is 1. The smallest absolute Gasteiger partial charge is 0.240 e. The Labute approximate surface area is 132 Å². The highest BCUT2D eigenvalue weighted by molar-refractivity contribution is 5.64. The van der Waals surface area contributed by atoms with Crippen LogP contribution in [0.25, 0.3) is 11.3 Å². The first-order valence-corrected chi connectivity index (χ1v) is 7.99. The summed E-state index contributed by atoms with van der Waals surface area (Å²) in [7, 11) is 1.63. The van der Waals surface area contributed by atoms with E-state index in [1.807, 2.05) is 0 Å². The van der Waals surface area contributed by atoms with Crippen LogP contribution in [0, 0.1) is 0 Å². The molecule has 0 radical (unpaired) electrons. The lowest BCUT2D eigenvalue weighted by molar-refractivity contribution is 0.175. The number of ether oxygens (including phenoxy) is 1. The van der Waals surface area contributed by atoms with Crippen molar-refractivity contribution in [1.82, 2.24) is 14.9 Å². The number of rotatable bonds is 4. The van der Waals surface area contributed by atoms with Gasteiger partial charge in [-0.25, -0.2) is 9.97 Å². The second kappa shape index (κ2) is 6.88. The first-order valence-electron chi connectivity index (χ1n) is 7.99. The Kier molecular flexibility index (Phi) is 4.68. The summed E-state index contributed by atoms with van der Waals surface area (Å²) in [5, 5.41) is 0. The minimum absolute atomic E-state index is 0.470. The van der Waals surface area contributed by atoms with Crippen molar-refractivity contribution >= 4 is 0 Å². The van der Waals surface area contributed by atoms with Crippen molar-refractivity contribution in [2.75, 3.05) is 20.2 Å². The highest BCUT2D eigenvalue weighted by Crippen LogP contribution is 2.28. The van der Waals surface area contributed by atoms with Gasteiger partial charge < -0.3 is 4.74 Å². The van der Waals surface area contributed by atoms with Gasteiger partial charge in [0.2, 0.25) is 5.88 Å². The Balaban J connectivity index is 1.80. The number of piperidine rings is 1. The lowest BCUT2D eigenvalue weighted by atomic mass is 10.0. The van der Waals surface area contributed by atoms with Crippen LogP contribution in [-0.4, -0.2) is 35.1 Å². The van der Waals surface area contributed by atoms with E-state index in [0.717, 1.165) is 11.3 Å². The van der Waals surface area contributed by atoms with E-state index in [1.165, 1.54) is 37.9 Å². The minimum atomic E-state index is 0.470. The SMILES string of the molecule is COc1nccnc1-c1ccc([C@@H](C)N2CCCCC2)cc1. The third kappa shape index (κ3) is 3.12. The van der Waals surface area contributed by atoms with E-state index in [2.05, 4.69) is 46.1 Å². The lowest BCUT2D eigenvalue weighted by Gasteiger charge is -2.32. The summed E-state index contributed by atoms with van der Waals surface area (Å²) in [6.45, 7) is 4.71. The highest BCUT2D eigenvalue weighted by Gasteiger charge is 2.18. The van der Waals surface area contributed by atoms with Crippen LogP contribution in [0.5, 0.6) is 5.88 Å². The predicted molar refractivity (Wildman–Crippen MR) is 87.9 cm³/mol. The van der Waals surface area contributed by atoms with E-state index in [4.69, 9.17) is 4.74 Å². The molecule has 0 unspecified atom stereocenters. The van der Waals surface area contributed by atoms with Gasteiger partial charge in [-0.2, -0.15) is 0 Å². The van der Waals surface area contributed by atoms with Crippen molar-refractivity contribution in [1.29, 1.82) is 0 Å². The van der Waals surface area contributed by atoms with Gasteiger partial charge in [-0.1, -0.05) is 30.7 Å². The Hall–Kier alpha value is -1.94. The van der Waals surface area contributed by atoms with Crippen LogP contribution >= 0.6 is 0 Å². The third-order valence-corrected chi connectivity index (χ3v) is 4.46. The van der Waals surface area contributed by atoms with Crippen molar-refractivity contribution in [3.8, 4) is 17.1 Å². The number of aromatic nitrogens is 2. The Morgan fingerprint density at radius 3 is 2.36 bits per heavy atom. The monoisotopic (exact) mass is 297 g/mol. The maximum atomic E-state index is 5.29. The molecule has 1 aromatic carbocycles. The van der Waals surface area contributed by atoms with E-state index in [9.17, 15) is 0 Å². The van der Waals surface area contributed by atoms with Crippen molar-refractivity contribution in [2.45, 2.75) is 32.2 Å². The van der Waals surface area contributed by atoms with Crippen LogP contribution < -0.4 is 4.74 Å². The molecule has 1 fully saturated rings. The van der Waals surface area contributed by atoms with E-state index in [-0.39, 0.29) is 0 Å². The molecule has 22 heavy (non-hydrogen) atoms. The summed E-state index contributed by atoms with van der Waals surface area (Å²) >= 11 is 0. The van der Waals surface area contributed by atoms with Gasteiger partial charge in [-0.15, -0.1) is 0 Å². The molecule has 3 rings (SSSR count). The predicted octanol–water partition coefficient (Wildman–Crippen LogP) is 3.70. The van der Waals surface area contributed by atoms with Crippen LogP contribution in [0.4, 0.5) is 0 Å². The summed E-state index contributed by atoms with van der Waals surface area (Å²) in [4.78, 5) is 11.2. The number of methoxy groups -OCH3 is 1. The van der Waals surface area contributed by atoms with E-state index in [1.54, 1.807) is 19.5 Å². The van der Waals surface area contributed by atoms with Gasteiger partial charge in [0.05, 0.1) is 7.11 Å². The van der Waals surface area contributed by atoms with Crippen LogP contribution in [0.2, 0.25) is 0 Å². The molecular weight excluding hydrogens is 274 g/mol. The second-order valence-electron chi connectivity index (χ2n) is 5.81. The van der Waals surface area contributed by atoms with Gasteiger partial charge in [0, 0.05) is 24.0 Å². The van der Waals surface area contributed by atoms with Gasteiger partial charge >= 0.3 is 0 Å². The molecule has 0 amide bonds. The molecule has 0 bridgehead atoms. The van der Waals surface area contributed by atoms with Crippen molar-refractivity contribution in [3.63, 3.8) is 0 Å². The summed E-state index contributed by atoms with van der Waals surface area (Å²) in [5.74, 6) is 0.569. The third-order valence-electron chi connectivity index (χ3n) is 4.46. The zero-order valence-electron chi connectivity index (χ0n) is 13.3. The molecule has 1 aliphatic heterocycles. The Bertz CT molecular complexity index is 606. The maximum absolute atomic E-state index is 5.29. The average molecular weight is 297 g/mol. The quantitative estimate of drug-likeness (QED) is 0.862. The fourth-order valence-electron chi connectivity index (χ4n) is 3.11. The topological polar surface area (TPSA) is 38.3 Å². The van der Waals surface area contributed by atoms with Gasteiger partial charge in [0.15, 0.2) is 0 Å². The summed E-state index contributed by atoms with van der Waals surface area (Å²) in [6, 6.07) is 9.09. The molecule has 0 spiro atoms. The zero-order chi connectivity index (χ0) is 15.4. The molecule has 0 N–H and O–H groups in total. The van der Waals surface area contributed by atoms with Crippen molar-refractivity contribution < 1.29 is 4.74 Å². The van der Waals surface area contributed by atoms with Gasteiger partial charge in [0.1, 0.15) is 5.69 Å². The highest BCUT2D eigenvalue weighted by atomic mass is 16.5. The molecule has 1 saturated heterocycles. The van der Waals surface area contributed by atoms with Crippen LogP contribution in [-0.2, 0) is 0 Å². The molecule has 116 valence electrons. The number of nitrogens with zero attached hydrogens (tertiary/aromatic N) is 3. The van der Waals surface area contributed by atoms with Crippen LogP contribution in [0.1, 0.15) is 37.8 Å². The average Bonchev–Trinajstić information content (AvgIpc) is 2.62. The van der Waals surface area contributed by atoms with Gasteiger partial charge in [-0.3, -0.25) is 4.90 Å². The number of likely N-dealkylation sites (tertiary alicyclic amines) is 1. The first-order chi connectivity index (χ1) is 10.8. The van der Waals surface area contributed by atoms with Gasteiger partial charge in [0.25, 0.3) is 0 Å².